The van der Waals surface area contributed by atoms with Crippen molar-refractivity contribution in [2.24, 2.45) is 0 Å². The molecule has 88 valence electrons. The predicted octanol–water partition coefficient (Wildman–Crippen LogP) is 2.59. The summed E-state index contributed by atoms with van der Waals surface area (Å²) < 4.78 is 1.76. The maximum atomic E-state index is 11.2. The number of nitrogens with zero attached hydrogens (tertiary/aromatic N) is 2. The summed E-state index contributed by atoms with van der Waals surface area (Å²) in [6.07, 6.45) is 5.14. The summed E-state index contributed by atoms with van der Waals surface area (Å²) in [6.45, 7) is 2.76. The third-order valence-corrected chi connectivity index (χ3v) is 3.21. The van der Waals surface area contributed by atoms with E-state index in [1.165, 1.54) is 11.3 Å². The molecule has 1 N–H and O–H groups in total. The normalized spacial score (nSPS) is 11.7. The van der Waals surface area contributed by atoms with Crippen LogP contribution in [0.5, 0.6) is 0 Å². The maximum absolute atomic E-state index is 11.2. The van der Waals surface area contributed by atoms with Gasteiger partial charge in [0.1, 0.15) is 0 Å². The van der Waals surface area contributed by atoms with Crippen molar-refractivity contribution in [1.29, 1.82) is 0 Å². The molecule has 2 heterocycles. The van der Waals surface area contributed by atoms with Crippen LogP contribution in [-0.2, 0) is 11.3 Å². The molecule has 2 aromatic heterocycles. The lowest BCUT2D eigenvalue weighted by Gasteiger charge is -1.97. The van der Waals surface area contributed by atoms with Crippen molar-refractivity contribution in [1.82, 2.24) is 9.78 Å². The van der Waals surface area contributed by atoms with E-state index >= 15 is 0 Å². The van der Waals surface area contributed by atoms with Crippen LogP contribution in [-0.4, -0.2) is 20.9 Å². The second-order valence-electron chi connectivity index (χ2n) is 3.47. The molecule has 0 fully saturated rings. The van der Waals surface area contributed by atoms with E-state index in [-0.39, 0.29) is 0 Å². The van der Waals surface area contributed by atoms with Crippen LogP contribution in [0.4, 0.5) is 0 Å². The molecule has 0 spiro atoms. The zero-order valence-corrected chi connectivity index (χ0v) is 10.1. The minimum Gasteiger partial charge on any atom is -0.478 e. The average molecular weight is 248 g/mol. The fourth-order valence-electron chi connectivity index (χ4n) is 1.46. The van der Waals surface area contributed by atoms with Gasteiger partial charge in [0.05, 0.1) is 11.8 Å². The highest BCUT2D eigenvalue weighted by Gasteiger charge is 2.11. The van der Waals surface area contributed by atoms with Crippen molar-refractivity contribution in [3.8, 4) is 0 Å². The molecule has 0 amide bonds. The quantitative estimate of drug-likeness (QED) is 0.846. The van der Waals surface area contributed by atoms with Gasteiger partial charge < -0.3 is 5.11 Å². The zero-order valence-electron chi connectivity index (χ0n) is 9.33. The van der Waals surface area contributed by atoms with E-state index in [2.05, 4.69) is 5.10 Å². The van der Waals surface area contributed by atoms with Gasteiger partial charge in [0.2, 0.25) is 0 Å². The lowest BCUT2D eigenvalue weighted by Crippen LogP contribution is -1.97. The number of aryl methyl sites for hydroxylation is 1. The van der Waals surface area contributed by atoms with Gasteiger partial charge in [-0.1, -0.05) is 6.07 Å². The molecule has 0 saturated heterocycles. The highest BCUT2D eigenvalue weighted by atomic mass is 32.1. The monoisotopic (exact) mass is 248 g/mol. The molecule has 17 heavy (non-hydrogen) atoms. The van der Waals surface area contributed by atoms with Crippen molar-refractivity contribution >= 4 is 29.0 Å². The molecule has 0 unspecified atom stereocenters. The summed E-state index contributed by atoms with van der Waals surface area (Å²) in [5.41, 5.74) is 1.10. The smallest absolute Gasteiger partial charge is 0.337 e. The van der Waals surface area contributed by atoms with Gasteiger partial charge in [0.15, 0.2) is 0 Å². The number of thiophene rings is 1. The number of aliphatic carboxylic acids is 1. The number of hydrogen-bond acceptors (Lipinski definition) is 3. The molecule has 4 nitrogen and oxygen atoms in total. The van der Waals surface area contributed by atoms with E-state index in [0.717, 1.165) is 17.0 Å². The Morgan fingerprint density at radius 3 is 3.00 bits per heavy atom. The van der Waals surface area contributed by atoms with E-state index in [1.54, 1.807) is 23.0 Å². The molecule has 0 aliphatic heterocycles. The Balaban J connectivity index is 2.36. The molecular weight excluding hydrogens is 236 g/mol. The summed E-state index contributed by atoms with van der Waals surface area (Å²) in [6, 6.07) is 3.64. The number of carboxylic acid groups (broad SMARTS) is 1. The summed E-state index contributed by atoms with van der Waals surface area (Å²) in [7, 11) is 0. The highest BCUT2D eigenvalue weighted by Crippen LogP contribution is 2.22. The van der Waals surface area contributed by atoms with Crippen LogP contribution in [0, 0.1) is 0 Å². The van der Waals surface area contributed by atoms with E-state index in [0.29, 0.717) is 5.57 Å². The van der Waals surface area contributed by atoms with Gasteiger partial charge in [-0.05, 0) is 24.4 Å². The van der Waals surface area contributed by atoms with E-state index in [1.807, 2.05) is 24.6 Å². The van der Waals surface area contributed by atoms with Crippen molar-refractivity contribution in [3.05, 3.63) is 40.3 Å². The number of aromatic nitrogens is 2. The third kappa shape index (κ3) is 2.62. The molecule has 2 rings (SSSR count). The van der Waals surface area contributed by atoms with Crippen LogP contribution >= 0.6 is 11.3 Å². The Morgan fingerprint density at radius 1 is 1.65 bits per heavy atom. The Morgan fingerprint density at radius 2 is 2.47 bits per heavy atom. The number of hydrogen-bond donors (Lipinski definition) is 1. The van der Waals surface area contributed by atoms with Crippen molar-refractivity contribution in [3.63, 3.8) is 0 Å². The lowest BCUT2D eigenvalue weighted by atomic mass is 10.1. The number of rotatable bonds is 4. The van der Waals surface area contributed by atoms with Gasteiger partial charge in [0.25, 0.3) is 0 Å². The molecule has 0 aromatic carbocycles. The third-order valence-electron chi connectivity index (χ3n) is 2.31. The standard InChI is InChI=1S/C12H12N2O2S/c1-2-14-8-9(7-13-14)6-10(12(15)16)11-4-3-5-17-11/h3-8H,2H2,1H3,(H,15,16)/b10-6+. The first-order chi connectivity index (χ1) is 8.20. The topological polar surface area (TPSA) is 55.1 Å². The first-order valence-electron chi connectivity index (χ1n) is 5.22. The summed E-state index contributed by atoms with van der Waals surface area (Å²) >= 11 is 1.41. The van der Waals surface area contributed by atoms with Crippen LogP contribution in [0.25, 0.3) is 11.6 Å². The summed E-state index contributed by atoms with van der Waals surface area (Å²) in [4.78, 5) is 11.9. The molecule has 5 heteroatoms. The van der Waals surface area contributed by atoms with E-state index in [4.69, 9.17) is 0 Å². The Hall–Kier alpha value is -1.88. The molecule has 0 saturated carbocycles. The lowest BCUT2D eigenvalue weighted by molar-refractivity contribution is -0.130. The predicted molar refractivity (Wildman–Crippen MR) is 67.7 cm³/mol. The van der Waals surface area contributed by atoms with E-state index < -0.39 is 5.97 Å². The van der Waals surface area contributed by atoms with Gasteiger partial charge in [-0.2, -0.15) is 5.10 Å². The van der Waals surface area contributed by atoms with Crippen LogP contribution in [0.3, 0.4) is 0 Å². The molecular formula is C12H12N2O2S. The molecule has 0 bridgehead atoms. The molecule has 0 radical (unpaired) electrons. The fraction of sp³-hybridized carbons (Fsp3) is 0.167. The molecule has 0 aliphatic rings. The van der Waals surface area contributed by atoms with Crippen LogP contribution < -0.4 is 0 Å². The minimum atomic E-state index is -0.920. The van der Waals surface area contributed by atoms with Crippen molar-refractivity contribution < 1.29 is 9.90 Å². The van der Waals surface area contributed by atoms with Crippen LogP contribution in [0.1, 0.15) is 17.4 Å². The second kappa shape index (κ2) is 4.97. The van der Waals surface area contributed by atoms with Gasteiger partial charge in [-0.15, -0.1) is 11.3 Å². The molecule has 0 atom stereocenters. The van der Waals surface area contributed by atoms with Gasteiger partial charge in [-0.3, -0.25) is 4.68 Å². The van der Waals surface area contributed by atoms with Crippen molar-refractivity contribution in [2.75, 3.05) is 0 Å². The minimum absolute atomic E-state index is 0.302. The number of carboxylic acids is 1. The Kier molecular flexibility index (Phi) is 3.39. The molecule has 0 aliphatic carbocycles. The van der Waals surface area contributed by atoms with Gasteiger partial charge >= 0.3 is 5.97 Å². The van der Waals surface area contributed by atoms with Crippen LogP contribution in [0.15, 0.2) is 29.9 Å². The highest BCUT2D eigenvalue weighted by molar-refractivity contribution is 7.11. The van der Waals surface area contributed by atoms with E-state index in [9.17, 15) is 9.90 Å². The fourth-order valence-corrected chi connectivity index (χ4v) is 2.20. The van der Waals surface area contributed by atoms with Crippen molar-refractivity contribution in [2.45, 2.75) is 13.5 Å². The van der Waals surface area contributed by atoms with Gasteiger partial charge in [-0.25, -0.2) is 4.79 Å². The first-order valence-corrected chi connectivity index (χ1v) is 6.10. The second-order valence-corrected chi connectivity index (χ2v) is 4.42. The molecule has 2 aromatic rings. The largest absolute Gasteiger partial charge is 0.478 e. The van der Waals surface area contributed by atoms with Gasteiger partial charge in [0, 0.05) is 23.2 Å². The first kappa shape index (κ1) is 11.6. The van der Waals surface area contributed by atoms with Crippen LogP contribution in [0.2, 0.25) is 0 Å². The maximum Gasteiger partial charge on any atom is 0.337 e. The average Bonchev–Trinajstić information content (AvgIpc) is 2.96. The number of carbonyl (C=O) groups is 1. The summed E-state index contributed by atoms with van der Waals surface area (Å²) in [5.74, 6) is -0.920. The summed E-state index contributed by atoms with van der Waals surface area (Å²) in [5, 5.41) is 15.2. The zero-order chi connectivity index (χ0) is 12.3. The Labute approximate surface area is 103 Å². The SMILES string of the molecule is CCn1cc(/C=C(/C(=O)O)c2cccs2)cn1. The Bertz CT molecular complexity index is 541.